The van der Waals surface area contributed by atoms with E-state index in [9.17, 15) is 4.39 Å². The molecule has 2 aromatic rings. The first kappa shape index (κ1) is 13.8. The number of hydrogen-bond donors (Lipinski definition) is 1. The standard InChI is InChI=1S/C15H15ClFNO/c1-18(9-12-4-2-3-5-15(12)16)14-7-11(10-19)6-13(17)8-14/h2-8,19H,9-10H2,1H3. The average Bonchev–Trinajstić information content (AvgIpc) is 2.40. The fourth-order valence-electron chi connectivity index (χ4n) is 1.92. The van der Waals surface area contributed by atoms with Crippen molar-refractivity contribution in [2.24, 2.45) is 0 Å². The molecule has 2 aromatic carbocycles. The maximum absolute atomic E-state index is 13.4. The highest BCUT2D eigenvalue weighted by Crippen LogP contribution is 2.22. The highest BCUT2D eigenvalue weighted by Gasteiger charge is 2.07. The van der Waals surface area contributed by atoms with Crippen molar-refractivity contribution in [3.8, 4) is 0 Å². The summed E-state index contributed by atoms with van der Waals surface area (Å²) >= 11 is 6.10. The largest absolute Gasteiger partial charge is 0.392 e. The molecule has 2 nitrogen and oxygen atoms in total. The summed E-state index contributed by atoms with van der Waals surface area (Å²) in [5.41, 5.74) is 2.24. The Hall–Kier alpha value is -1.58. The van der Waals surface area contributed by atoms with Gasteiger partial charge >= 0.3 is 0 Å². The topological polar surface area (TPSA) is 23.5 Å². The molecule has 0 aliphatic rings. The van der Waals surface area contributed by atoms with Crippen LogP contribution in [0.3, 0.4) is 0 Å². The Morgan fingerprint density at radius 2 is 1.95 bits per heavy atom. The quantitative estimate of drug-likeness (QED) is 0.924. The second-order valence-corrected chi connectivity index (χ2v) is 4.83. The number of rotatable bonds is 4. The molecule has 2 rings (SSSR count). The Balaban J connectivity index is 2.22. The number of aliphatic hydroxyl groups excluding tert-OH is 1. The molecular formula is C15H15ClFNO. The second kappa shape index (κ2) is 6.04. The van der Waals surface area contributed by atoms with Crippen LogP contribution in [0.5, 0.6) is 0 Å². The van der Waals surface area contributed by atoms with Crippen LogP contribution in [-0.4, -0.2) is 12.2 Å². The summed E-state index contributed by atoms with van der Waals surface area (Å²) in [5.74, 6) is -0.354. The van der Waals surface area contributed by atoms with Gasteiger partial charge in [-0.2, -0.15) is 0 Å². The Kier molecular flexibility index (Phi) is 4.40. The molecule has 0 amide bonds. The number of aliphatic hydroxyl groups is 1. The van der Waals surface area contributed by atoms with Crippen LogP contribution in [0.25, 0.3) is 0 Å². The van der Waals surface area contributed by atoms with E-state index in [1.165, 1.54) is 12.1 Å². The van der Waals surface area contributed by atoms with Crippen LogP contribution in [0.4, 0.5) is 10.1 Å². The summed E-state index contributed by atoms with van der Waals surface area (Å²) < 4.78 is 13.4. The highest BCUT2D eigenvalue weighted by atomic mass is 35.5. The number of anilines is 1. The fourth-order valence-corrected chi connectivity index (χ4v) is 2.11. The molecule has 0 heterocycles. The van der Waals surface area contributed by atoms with Crippen molar-refractivity contribution in [1.29, 1.82) is 0 Å². The molecule has 0 fully saturated rings. The first-order valence-electron chi connectivity index (χ1n) is 5.95. The molecule has 0 aliphatic heterocycles. The number of halogens is 2. The molecule has 100 valence electrons. The molecule has 0 aromatic heterocycles. The van der Waals surface area contributed by atoms with Gasteiger partial charge in [0, 0.05) is 24.3 Å². The van der Waals surface area contributed by atoms with Crippen molar-refractivity contribution in [1.82, 2.24) is 0 Å². The van der Waals surface area contributed by atoms with Gasteiger partial charge in [-0.1, -0.05) is 29.8 Å². The van der Waals surface area contributed by atoms with Crippen molar-refractivity contribution < 1.29 is 9.50 Å². The van der Waals surface area contributed by atoms with E-state index in [0.717, 1.165) is 5.56 Å². The van der Waals surface area contributed by atoms with Crippen molar-refractivity contribution in [2.75, 3.05) is 11.9 Å². The zero-order chi connectivity index (χ0) is 13.8. The van der Waals surface area contributed by atoms with Gasteiger partial charge in [0.1, 0.15) is 5.82 Å². The lowest BCUT2D eigenvalue weighted by molar-refractivity contribution is 0.281. The molecule has 0 saturated heterocycles. The third-order valence-corrected chi connectivity index (χ3v) is 3.30. The maximum atomic E-state index is 13.4. The minimum atomic E-state index is -0.354. The summed E-state index contributed by atoms with van der Waals surface area (Å²) in [4.78, 5) is 1.89. The van der Waals surface area contributed by atoms with E-state index in [0.29, 0.717) is 22.8 Å². The first-order valence-corrected chi connectivity index (χ1v) is 6.33. The van der Waals surface area contributed by atoms with Gasteiger partial charge in [-0.05, 0) is 35.4 Å². The van der Waals surface area contributed by atoms with E-state index in [2.05, 4.69) is 0 Å². The van der Waals surface area contributed by atoms with E-state index in [-0.39, 0.29) is 12.4 Å². The normalized spacial score (nSPS) is 10.5. The van der Waals surface area contributed by atoms with Crippen LogP contribution < -0.4 is 4.90 Å². The van der Waals surface area contributed by atoms with E-state index in [1.54, 1.807) is 6.07 Å². The van der Waals surface area contributed by atoms with Crippen LogP contribution in [0.15, 0.2) is 42.5 Å². The molecular weight excluding hydrogens is 265 g/mol. The molecule has 4 heteroatoms. The maximum Gasteiger partial charge on any atom is 0.125 e. The van der Waals surface area contributed by atoms with E-state index < -0.39 is 0 Å². The molecule has 19 heavy (non-hydrogen) atoms. The molecule has 0 radical (unpaired) electrons. The molecule has 1 N–H and O–H groups in total. The van der Waals surface area contributed by atoms with Gasteiger partial charge in [-0.25, -0.2) is 4.39 Å². The lowest BCUT2D eigenvalue weighted by Crippen LogP contribution is -2.17. The molecule has 0 saturated carbocycles. The fraction of sp³-hybridized carbons (Fsp3) is 0.200. The van der Waals surface area contributed by atoms with Gasteiger partial charge in [0.2, 0.25) is 0 Å². The van der Waals surface area contributed by atoms with Gasteiger partial charge in [0.15, 0.2) is 0 Å². The van der Waals surface area contributed by atoms with E-state index in [4.69, 9.17) is 16.7 Å². The predicted molar refractivity (Wildman–Crippen MR) is 75.9 cm³/mol. The van der Waals surface area contributed by atoms with Gasteiger partial charge in [-0.15, -0.1) is 0 Å². The third-order valence-electron chi connectivity index (χ3n) is 2.93. The van der Waals surface area contributed by atoms with E-state index >= 15 is 0 Å². The first-order chi connectivity index (χ1) is 9.10. The van der Waals surface area contributed by atoms with Gasteiger partial charge in [0.25, 0.3) is 0 Å². The van der Waals surface area contributed by atoms with Gasteiger partial charge in [-0.3, -0.25) is 0 Å². The Morgan fingerprint density at radius 3 is 2.63 bits per heavy atom. The zero-order valence-electron chi connectivity index (χ0n) is 10.6. The Morgan fingerprint density at radius 1 is 1.21 bits per heavy atom. The van der Waals surface area contributed by atoms with Crippen LogP contribution in [0.1, 0.15) is 11.1 Å². The SMILES string of the molecule is CN(Cc1ccccc1Cl)c1cc(F)cc(CO)c1. The lowest BCUT2D eigenvalue weighted by atomic mass is 10.1. The minimum absolute atomic E-state index is 0.176. The smallest absolute Gasteiger partial charge is 0.125 e. The molecule has 0 spiro atoms. The van der Waals surface area contributed by atoms with Gasteiger partial charge < -0.3 is 10.0 Å². The number of benzene rings is 2. The zero-order valence-corrected chi connectivity index (χ0v) is 11.4. The third kappa shape index (κ3) is 3.46. The molecule has 0 unspecified atom stereocenters. The van der Waals surface area contributed by atoms with Crippen molar-refractivity contribution in [3.63, 3.8) is 0 Å². The average molecular weight is 280 g/mol. The Labute approximate surface area is 117 Å². The monoisotopic (exact) mass is 279 g/mol. The summed E-state index contributed by atoms with van der Waals surface area (Å²) in [7, 11) is 1.86. The van der Waals surface area contributed by atoms with Crippen molar-refractivity contribution in [2.45, 2.75) is 13.2 Å². The lowest BCUT2D eigenvalue weighted by Gasteiger charge is -2.20. The van der Waals surface area contributed by atoms with Crippen LogP contribution in [0.2, 0.25) is 5.02 Å². The molecule has 0 bridgehead atoms. The van der Waals surface area contributed by atoms with Crippen LogP contribution in [-0.2, 0) is 13.2 Å². The number of hydrogen-bond acceptors (Lipinski definition) is 2. The summed E-state index contributed by atoms with van der Waals surface area (Å²) in [6, 6.07) is 12.1. The number of nitrogens with zero attached hydrogens (tertiary/aromatic N) is 1. The summed E-state index contributed by atoms with van der Waals surface area (Å²) in [6.07, 6.45) is 0. The van der Waals surface area contributed by atoms with Crippen LogP contribution in [0, 0.1) is 5.82 Å². The van der Waals surface area contributed by atoms with Crippen molar-refractivity contribution in [3.05, 3.63) is 64.4 Å². The highest BCUT2D eigenvalue weighted by molar-refractivity contribution is 6.31. The predicted octanol–water partition coefficient (Wildman–Crippen LogP) is 3.61. The minimum Gasteiger partial charge on any atom is -0.392 e. The van der Waals surface area contributed by atoms with Crippen LogP contribution >= 0.6 is 11.6 Å². The molecule has 0 aliphatic carbocycles. The van der Waals surface area contributed by atoms with E-state index in [1.807, 2.05) is 36.2 Å². The second-order valence-electron chi connectivity index (χ2n) is 4.42. The van der Waals surface area contributed by atoms with Crippen molar-refractivity contribution >= 4 is 17.3 Å². The van der Waals surface area contributed by atoms with Gasteiger partial charge in [0.05, 0.1) is 6.61 Å². The molecule has 0 atom stereocenters. The summed E-state index contributed by atoms with van der Waals surface area (Å²) in [5, 5.41) is 9.78. The summed E-state index contributed by atoms with van der Waals surface area (Å²) in [6.45, 7) is 0.401. The Bertz CT molecular complexity index is 574.